The first-order valence-corrected chi connectivity index (χ1v) is 7.62. The molecule has 1 atom stereocenters. The van der Waals surface area contributed by atoms with E-state index in [2.05, 4.69) is 0 Å². The number of carboxylic acid groups (broad SMARTS) is 1. The van der Waals surface area contributed by atoms with Crippen molar-refractivity contribution in [1.82, 2.24) is 4.90 Å². The second kappa shape index (κ2) is 6.94. The lowest BCUT2D eigenvalue weighted by atomic mass is 9.93. The van der Waals surface area contributed by atoms with Crippen molar-refractivity contribution in [2.75, 3.05) is 13.1 Å². The summed E-state index contributed by atoms with van der Waals surface area (Å²) < 4.78 is 0. The lowest BCUT2D eigenvalue weighted by Crippen LogP contribution is -2.40. The van der Waals surface area contributed by atoms with Crippen LogP contribution in [0.2, 0.25) is 5.02 Å². The van der Waals surface area contributed by atoms with Crippen LogP contribution < -0.4 is 0 Å². The highest BCUT2D eigenvalue weighted by atomic mass is 35.5. The fourth-order valence-electron chi connectivity index (χ4n) is 2.77. The summed E-state index contributed by atoms with van der Waals surface area (Å²) in [6.07, 6.45) is 2.74. The molecule has 0 aromatic heterocycles. The Hall–Kier alpha value is -1.55. The highest BCUT2D eigenvalue weighted by Crippen LogP contribution is 2.23. The topological polar surface area (TPSA) is 57.6 Å². The molecule has 0 aliphatic carbocycles. The van der Waals surface area contributed by atoms with Crippen LogP contribution in [0.3, 0.4) is 0 Å². The number of piperidine rings is 1. The third-order valence-corrected chi connectivity index (χ3v) is 4.40. The van der Waals surface area contributed by atoms with Crippen LogP contribution in [0.4, 0.5) is 0 Å². The number of carboxylic acids is 1. The number of hydrogen-bond donors (Lipinski definition) is 1. The SMILES string of the molecule is Cc1cc(C(=O)N2CCCC(CCC(=O)O)C2)ccc1Cl. The van der Waals surface area contributed by atoms with Crippen molar-refractivity contribution in [3.63, 3.8) is 0 Å². The minimum absolute atomic E-state index is 0.00907. The van der Waals surface area contributed by atoms with Crippen LogP contribution in [-0.2, 0) is 4.79 Å². The summed E-state index contributed by atoms with van der Waals surface area (Å²) in [7, 11) is 0. The number of benzene rings is 1. The standard InChI is InChI=1S/C16H20ClNO3/c1-11-9-13(5-6-14(11)17)16(21)18-8-2-3-12(10-18)4-7-15(19)20/h5-6,9,12H,2-4,7-8,10H2,1H3,(H,19,20). The molecule has 114 valence electrons. The molecule has 0 saturated carbocycles. The Labute approximate surface area is 129 Å². The third kappa shape index (κ3) is 4.21. The zero-order valence-electron chi connectivity index (χ0n) is 12.1. The molecule has 4 nitrogen and oxygen atoms in total. The van der Waals surface area contributed by atoms with Crippen molar-refractivity contribution in [2.24, 2.45) is 5.92 Å². The average Bonchev–Trinajstić information content (AvgIpc) is 2.47. The Morgan fingerprint density at radius 2 is 2.19 bits per heavy atom. The summed E-state index contributed by atoms with van der Waals surface area (Å²) >= 11 is 5.98. The van der Waals surface area contributed by atoms with E-state index in [0.717, 1.165) is 24.9 Å². The predicted octanol–water partition coefficient (Wildman–Crippen LogP) is 3.37. The molecule has 21 heavy (non-hydrogen) atoms. The molecule has 1 unspecified atom stereocenters. The number of carbonyl (C=O) groups is 2. The fraction of sp³-hybridized carbons (Fsp3) is 0.500. The lowest BCUT2D eigenvalue weighted by Gasteiger charge is -2.32. The van der Waals surface area contributed by atoms with Crippen molar-refractivity contribution in [3.05, 3.63) is 34.3 Å². The predicted molar refractivity (Wildman–Crippen MR) is 81.7 cm³/mol. The number of aryl methyl sites for hydroxylation is 1. The van der Waals surface area contributed by atoms with Crippen LogP contribution in [0, 0.1) is 12.8 Å². The van der Waals surface area contributed by atoms with Gasteiger partial charge in [0.1, 0.15) is 0 Å². The highest BCUT2D eigenvalue weighted by molar-refractivity contribution is 6.31. The van der Waals surface area contributed by atoms with Crippen molar-refractivity contribution in [3.8, 4) is 0 Å². The van der Waals surface area contributed by atoms with E-state index in [1.807, 2.05) is 17.9 Å². The van der Waals surface area contributed by atoms with Gasteiger partial charge in [-0.1, -0.05) is 11.6 Å². The number of rotatable bonds is 4. The first-order chi connectivity index (χ1) is 9.97. The molecule has 1 amide bonds. The van der Waals surface area contributed by atoms with E-state index in [1.165, 1.54) is 0 Å². The van der Waals surface area contributed by atoms with E-state index in [4.69, 9.17) is 16.7 Å². The third-order valence-electron chi connectivity index (χ3n) is 3.98. The minimum Gasteiger partial charge on any atom is -0.481 e. The normalized spacial score (nSPS) is 18.6. The number of amides is 1. The number of aliphatic carboxylic acids is 1. The Morgan fingerprint density at radius 1 is 1.43 bits per heavy atom. The molecule has 0 spiro atoms. The summed E-state index contributed by atoms with van der Waals surface area (Å²) in [5, 5.41) is 9.42. The van der Waals surface area contributed by atoms with Gasteiger partial charge in [-0.2, -0.15) is 0 Å². The van der Waals surface area contributed by atoms with Crippen LogP contribution in [0.25, 0.3) is 0 Å². The van der Waals surface area contributed by atoms with Crippen LogP contribution in [0.15, 0.2) is 18.2 Å². The molecule has 2 rings (SSSR count). The Morgan fingerprint density at radius 3 is 2.86 bits per heavy atom. The van der Waals surface area contributed by atoms with E-state index in [9.17, 15) is 9.59 Å². The second-order valence-electron chi connectivity index (χ2n) is 5.66. The van der Waals surface area contributed by atoms with Crippen molar-refractivity contribution >= 4 is 23.5 Å². The van der Waals surface area contributed by atoms with E-state index in [1.54, 1.807) is 12.1 Å². The van der Waals surface area contributed by atoms with Crippen LogP contribution in [0.1, 0.15) is 41.6 Å². The Kier molecular flexibility index (Phi) is 5.23. The highest BCUT2D eigenvalue weighted by Gasteiger charge is 2.25. The average molecular weight is 310 g/mol. The van der Waals surface area contributed by atoms with Crippen molar-refractivity contribution < 1.29 is 14.7 Å². The number of nitrogens with zero attached hydrogens (tertiary/aromatic N) is 1. The van der Waals surface area contributed by atoms with Gasteiger partial charge in [-0.15, -0.1) is 0 Å². The van der Waals surface area contributed by atoms with Gasteiger partial charge in [-0.25, -0.2) is 0 Å². The first-order valence-electron chi connectivity index (χ1n) is 7.24. The smallest absolute Gasteiger partial charge is 0.303 e. The van der Waals surface area contributed by atoms with Crippen LogP contribution in [-0.4, -0.2) is 35.0 Å². The van der Waals surface area contributed by atoms with Crippen molar-refractivity contribution in [2.45, 2.75) is 32.6 Å². The molecule has 1 saturated heterocycles. The summed E-state index contributed by atoms with van der Waals surface area (Å²) in [6, 6.07) is 5.31. The maximum atomic E-state index is 12.5. The number of carbonyl (C=O) groups excluding carboxylic acids is 1. The van der Waals surface area contributed by atoms with Gasteiger partial charge in [0, 0.05) is 30.1 Å². The molecule has 1 aliphatic rings. The van der Waals surface area contributed by atoms with E-state index >= 15 is 0 Å². The molecule has 1 aliphatic heterocycles. The van der Waals surface area contributed by atoms with Crippen molar-refractivity contribution in [1.29, 1.82) is 0 Å². The quantitative estimate of drug-likeness (QED) is 0.927. The molecule has 0 bridgehead atoms. The summed E-state index contributed by atoms with van der Waals surface area (Å²) in [5.74, 6) is -0.478. The fourth-order valence-corrected chi connectivity index (χ4v) is 2.89. The molecule has 5 heteroatoms. The lowest BCUT2D eigenvalue weighted by molar-refractivity contribution is -0.137. The van der Waals surface area contributed by atoms with Gasteiger partial charge < -0.3 is 10.0 Å². The van der Waals surface area contributed by atoms with Crippen LogP contribution in [0.5, 0.6) is 0 Å². The first kappa shape index (κ1) is 15.8. The summed E-state index contributed by atoms with van der Waals surface area (Å²) in [6.45, 7) is 3.27. The zero-order chi connectivity index (χ0) is 15.4. The molecule has 1 N–H and O–H groups in total. The Bertz CT molecular complexity index is 544. The van der Waals surface area contributed by atoms with Gasteiger partial charge in [0.2, 0.25) is 0 Å². The van der Waals surface area contributed by atoms with Gasteiger partial charge >= 0.3 is 5.97 Å². The molecular weight excluding hydrogens is 290 g/mol. The van der Waals surface area contributed by atoms with E-state index in [-0.39, 0.29) is 18.2 Å². The largest absolute Gasteiger partial charge is 0.481 e. The van der Waals surface area contributed by atoms with Gasteiger partial charge in [0.25, 0.3) is 5.91 Å². The maximum Gasteiger partial charge on any atom is 0.303 e. The Balaban J connectivity index is 2.01. The van der Waals surface area contributed by atoms with Gasteiger partial charge in [0.05, 0.1) is 0 Å². The molecular formula is C16H20ClNO3. The maximum absolute atomic E-state index is 12.5. The zero-order valence-corrected chi connectivity index (χ0v) is 12.9. The second-order valence-corrected chi connectivity index (χ2v) is 6.06. The molecule has 0 radical (unpaired) electrons. The minimum atomic E-state index is -0.772. The molecule has 1 aromatic carbocycles. The van der Waals surface area contributed by atoms with Crippen LogP contribution >= 0.6 is 11.6 Å². The van der Waals surface area contributed by atoms with E-state index in [0.29, 0.717) is 23.6 Å². The van der Waals surface area contributed by atoms with Gasteiger partial charge in [-0.05, 0) is 55.9 Å². The summed E-state index contributed by atoms with van der Waals surface area (Å²) in [5.41, 5.74) is 1.54. The molecule has 1 heterocycles. The monoisotopic (exact) mass is 309 g/mol. The molecule has 1 fully saturated rings. The van der Waals surface area contributed by atoms with Gasteiger partial charge in [0.15, 0.2) is 0 Å². The summed E-state index contributed by atoms with van der Waals surface area (Å²) in [4.78, 5) is 25.0. The van der Waals surface area contributed by atoms with E-state index < -0.39 is 5.97 Å². The molecule has 1 aromatic rings. The van der Waals surface area contributed by atoms with Gasteiger partial charge in [-0.3, -0.25) is 9.59 Å². The number of likely N-dealkylation sites (tertiary alicyclic amines) is 1. The number of hydrogen-bond acceptors (Lipinski definition) is 2. The number of halogens is 1.